The first-order chi connectivity index (χ1) is 16.6. The largest absolute Gasteiger partial charge is 0.509 e. The standard InChI is InChI=1S/C27H37FO8/c1-15-10-19-18-7-6-16-11-17(30)8-9-24(16,4)26(18,28)20(31)12-25(19,5)27(15,34)21(32)13-35-22(33)36-23(2,3)14-29/h8-9,11,15,18-20,29,31,34H,6-7,10,12-14H2,1-5H3/t15-,18+,19+,20+,24+,25+,26+,27+/m1/s1. The van der Waals surface area contributed by atoms with Crippen LogP contribution in [0, 0.1) is 28.6 Å². The highest BCUT2D eigenvalue weighted by Gasteiger charge is 2.75. The average molecular weight is 509 g/mol. The smallest absolute Gasteiger partial charge is 0.426 e. The van der Waals surface area contributed by atoms with Crippen LogP contribution in [0.1, 0.15) is 60.3 Å². The number of halogens is 1. The van der Waals surface area contributed by atoms with Crippen LogP contribution in [0.3, 0.4) is 0 Å². The molecule has 0 bridgehead atoms. The minimum atomic E-state index is -2.07. The van der Waals surface area contributed by atoms with Gasteiger partial charge in [0.05, 0.1) is 12.7 Å². The monoisotopic (exact) mass is 508 g/mol. The van der Waals surface area contributed by atoms with Gasteiger partial charge in [-0.15, -0.1) is 0 Å². The molecule has 3 saturated carbocycles. The molecule has 0 spiro atoms. The number of allylic oxidation sites excluding steroid dienone is 4. The van der Waals surface area contributed by atoms with E-state index in [0.717, 1.165) is 0 Å². The maximum atomic E-state index is 17.2. The zero-order valence-corrected chi connectivity index (χ0v) is 21.5. The minimum absolute atomic E-state index is 0.163. The quantitative estimate of drug-likeness (QED) is 0.484. The minimum Gasteiger partial charge on any atom is -0.426 e. The first-order valence-electron chi connectivity index (χ1n) is 12.6. The summed E-state index contributed by atoms with van der Waals surface area (Å²) < 4.78 is 27.1. The number of alkyl halides is 1. The molecular formula is C27H37FO8. The van der Waals surface area contributed by atoms with Gasteiger partial charge in [-0.05, 0) is 70.4 Å². The Morgan fingerprint density at radius 2 is 1.92 bits per heavy atom. The topological polar surface area (TPSA) is 130 Å². The first-order valence-corrected chi connectivity index (χ1v) is 12.6. The molecule has 0 aliphatic heterocycles. The molecule has 200 valence electrons. The summed E-state index contributed by atoms with van der Waals surface area (Å²) >= 11 is 0. The maximum absolute atomic E-state index is 17.2. The lowest BCUT2D eigenvalue weighted by atomic mass is 9.44. The Morgan fingerprint density at radius 3 is 2.56 bits per heavy atom. The Bertz CT molecular complexity index is 1030. The Hall–Kier alpha value is -2.10. The molecule has 0 saturated heterocycles. The Kier molecular flexibility index (Phi) is 6.33. The fourth-order valence-electron chi connectivity index (χ4n) is 7.66. The molecule has 0 unspecified atom stereocenters. The number of carbonyl (C=O) groups is 3. The fraction of sp³-hybridized carbons (Fsp3) is 0.741. The van der Waals surface area contributed by atoms with Crippen molar-refractivity contribution in [3.63, 3.8) is 0 Å². The second-order valence-corrected chi connectivity index (χ2v) is 12.1. The highest BCUT2D eigenvalue weighted by atomic mass is 19.1. The van der Waals surface area contributed by atoms with Crippen molar-refractivity contribution in [2.75, 3.05) is 13.2 Å². The van der Waals surface area contributed by atoms with E-state index in [-0.39, 0.29) is 12.2 Å². The van der Waals surface area contributed by atoms with E-state index < -0.39 is 76.7 Å². The summed E-state index contributed by atoms with van der Waals surface area (Å²) in [5, 5.41) is 32.5. The van der Waals surface area contributed by atoms with Crippen LogP contribution in [0.15, 0.2) is 23.8 Å². The van der Waals surface area contributed by atoms with Crippen LogP contribution < -0.4 is 0 Å². The predicted octanol–water partition coefficient (Wildman–Crippen LogP) is 2.83. The number of rotatable bonds is 5. The normalized spacial score (nSPS) is 43.7. The molecule has 4 rings (SSSR count). The van der Waals surface area contributed by atoms with E-state index in [1.54, 1.807) is 26.8 Å². The molecular weight excluding hydrogens is 471 g/mol. The van der Waals surface area contributed by atoms with Crippen molar-refractivity contribution in [1.82, 2.24) is 0 Å². The SMILES string of the molecule is C[C@@H]1C[C@H]2[C@@H]3CCC4=CC(=O)C=C[C@]4(C)[C@@]3(F)[C@@H](O)C[C@]2(C)[C@@]1(O)C(=O)COC(=O)OC(C)(C)CO. The van der Waals surface area contributed by atoms with E-state index in [2.05, 4.69) is 0 Å². The molecule has 8 atom stereocenters. The lowest BCUT2D eigenvalue weighted by Crippen LogP contribution is -2.69. The first kappa shape index (κ1) is 26.9. The molecule has 0 heterocycles. The van der Waals surface area contributed by atoms with Gasteiger partial charge in [0, 0.05) is 16.7 Å². The van der Waals surface area contributed by atoms with Crippen LogP contribution in [0.5, 0.6) is 0 Å². The van der Waals surface area contributed by atoms with E-state index in [9.17, 15) is 29.7 Å². The number of Topliss-reactive ketones (excluding diaryl/α,β-unsaturated/α-hetero) is 1. The van der Waals surface area contributed by atoms with Crippen LogP contribution in [0.25, 0.3) is 0 Å². The van der Waals surface area contributed by atoms with Crippen molar-refractivity contribution < 1.29 is 43.6 Å². The number of carbonyl (C=O) groups excluding carboxylic acids is 3. The maximum Gasteiger partial charge on any atom is 0.509 e. The molecule has 9 heteroatoms. The highest BCUT2D eigenvalue weighted by molar-refractivity contribution is 6.01. The summed E-state index contributed by atoms with van der Waals surface area (Å²) in [6.07, 6.45) is 2.80. The summed E-state index contributed by atoms with van der Waals surface area (Å²) in [5.74, 6) is -2.57. The number of ether oxygens (including phenoxy) is 2. The van der Waals surface area contributed by atoms with Crippen LogP contribution in [0.4, 0.5) is 9.18 Å². The van der Waals surface area contributed by atoms with Gasteiger partial charge in [0.25, 0.3) is 0 Å². The number of fused-ring (bicyclic) bond motifs is 5. The average Bonchev–Trinajstić information content (AvgIpc) is 3.00. The second-order valence-electron chi connectivity index (χ2n) is 12.1. The van der Waals surface area contributed by atoms with Crippen LogP contribution >= 0.6 is 0 Å². The van der Waals surface area contributed by atoms with Crippen LogP contribution in [-0.2, 0) is 19.1 Å². The van der Waals surface area contributed by atoms with Crippen molar-refractivity contribution in [2.45, 2.75) is 83.3 Å². The van der Waals surface area contributed by atoms with Gasteiger partial charge in [-0.25, -0.2) is 9.18 Å². The Morgan fingerprint density at radius 1 is 1.25 bits per heavy atom. The molecule has 4 aliphatic rings. The summed E-state index contributed by atoms with van der Waals surface area (Å²) in [6, 6.07) is 0. The van der Waals surface area contributed by atoms with Gasteiger partial charge >= 0.3 is 6.16 Å². The Balaban J connectivity index is 1.62. The van der Waals surface area contributed by atoms with E-state index in [4.69, 9.17) is 9.47 Å². The summed E-state index contributed by atoms with van der Waals surface area (Å²) in [4.78, 5) is 37.4. The molecule has 8 nitrogen and oxygen atoms in total. The van der Waals surface area contributed by atoms with Gasteiger partial charge in [0.15, 0.2) is 18.1 Å². The zero-order valence-electron chi connectivity index (χ0n) is 21.5. The lowest BCUT2D eigenvalue weighted by molar-refractivity contribution is -0.219. The highest BCUT2D eigenvalue weighted by Crippen LogP contribution is 2.70. The van der Waals surface area contributed by atoms with Gasteiger partial charge < -0.3 is 24.8 Å². The van der Waals surface area contributed by atoms with Crippen molar-refractivity contribution in [2.24, 2.45) is 28.6 Å². The predicted molar refractivity (Wildman–Crippen MR) is 126 cm³/mol. The van der Waals surface area contributed by atoms with Crippen molar-refractivity contribution >= 4 is 17.7 Å². The van der Waals surface area contributed by atoms with Crippen molar-refractivity contribution in [3.8, 4) is 0 Å². The molecule has 0 aromatic carbocycles. The van der Waals surface area contributed by atoms with Gasteiger partial charge in [-0.3, -0.25) is 9.59 Å². The molecule has 0 aromatic rings. The number of aliphatic hydroxyl groups is 3. The lowest BCUT2D eigenvalue weighted by Gasteiger charge is -2.62. The van der Waals surface area contributed by atoms with Crippen molar-refractivity contribution in [3.05, 3.63) is 23.8 Å². The van der Waals surface area contributed by atoms with E-state index in [1.165, 1.54) is 26.0 Å². The third kappa shape index (κ3) is 3.53. The van der Waals surface area contributed by atoms with Gasteiger partial charge in [0.2, 0.25) is 5.78 Å². The van der Waals surface area contributed by atoms with Crippen LogP contribution in [-0.4, -0.2) is 69.2 Å². The van der Waals surface area contributed by atoms with E-state index in [0.29, 0.717) is 24.8 Å². The molecule has 36 heavy (non-hydrogen) atoms. The Labute approximate surface area is 210 Å². The summed E-state index contributed by atoms with van der Waals surface area (Å²) in [5.41, 5.74) is -6.89. The number of hydrogen-bond donors (Lipinski definition) is 3. The van der Waals surface area contributed by atoms with Gasteiger partial charge in [-0.2, -0.15) is 0 Å². The molecule has 3 N–H and O–H groups in total. The summed E-state index contributed by atoms with van der Waals surface area (Å²) in [6.45, 7) is 6.90. The summed E-state index contributed by atoms with van der Waals surface area (Å²) in [7, 11) is 0. The second kappa shape index (κ2) is 8.46. The molecule has 0 aromatic heterocycles. The van der Waals surface area contributed by atoms with Gasteiger partial charge in [0.1, 0.15) is 11.2 Å². The third-order valence-electron chi connectivity index (χ3n) is 9.71. The van der Waals surface area contributed by atoms with E-state index in [1.807, 2.05) is 0 Å². The molecule has 4 aliphatic carbocycles. The number of ketones is 2. The molecule has 3 fully saturated rings. The fourth-order valence-corrected chi connectivity index (χ4v) is 7.66. The van der Waals surface area contributed by atoms with Gasteiger partial charge in [-0.1, -0.05) is 25.5 Å². The molecule has 0 radical (unpaired) electrons. The zero-order chi connectivity index (χ0) is 26.9. The number of aliphatic hydroxyl groups excluding tert-OH is 2. The number of hydrogen-bond acceptors (Lipinski definition) is 8. The van der Waals surface area contributed by atoms with Crippen LogP contribution in [0.2, 0.25) is 0 Å². The van der Waals surface area contributed by atoms with E-state index >= 15 is 4.39 Å². The third-order valence-corrected chi connectivity index (χ3v) is 9.71. The molecule has 0 amide bonds. The van der Waals surface area contributed by atoms with Crippen molar-refractivity contribution in [1.29, 1.82) is 0 Å².